The van der Waals surface area contributed by atoms with Crippen LogP contribution in [0.2, 0.25) is 0 Å². The van der Waals surface area contributed by atoms with Gasteiger partial charge in [0.25, 0.3) is 0 Å². The summed E-state index contributed by atoms with van der Waals surface area (Å²) >= 11 is 0. The molecule has 1 aromatic carbocycles. The van der Waals surface area contributed by atoms with Gasteiger partial charge < -0.3 is 10.1 Å². The van der Waals surface area contributed by atoms with Gasteiger partial charge in [-0.25, -0.2) is 4.68 Å². The smallest absolute Gasteiger partial charge is 0.250 e. The first kappa shape index (κ1) is 15.3. The van der Waals surface area contributed by atoms with E-state index in [9.17, 15) is 4.79 Å². The van der Waals surface area contributed by atoms with E-state index in [-0.39, 0.29) is 12.5 Å². The van der Waals surface area contributed by atoms with E-state index in [1.807, 2.05) is 43.7 Å². The monoisotopic (exact) mass is 287 g/mol. The molecule has 112 valence electrons. The number of aryl methyl sites for hydroxylation is 1. The van der Waals surface area contributed by atoms with Crippen molar-refractivity contribution in [1.29, 1.82) is 0 Å². The number of aromatic nitrogens is 2. The summed E-state index contributed by atoms with van der Waals surface area (Å²) < 4.78 is 6.97. The summed E-state index contributed by atoms with van der Waals surface area (Å²) in [6.45, 7) is 6.54. The second-order valence-electron chi connectivity index (χ2n) is 4.79. The highest BCUT2D eigenvalue weighted by atomic mass is 16.5. The molecule has 1 heterocycles. The molecule has 1 aromatic heterocycles. The molecule has 21 heavy (non-hydrogen) atoms. The maximum absolute atomic E-state index is 11.8. The molecule has 5 nitrogen and oxygen atoms in total. The van der Waals surface area contributed by atoms with Crippen LogP contribution < -0.4 is 5.32 Å². The van der Waals surface area contributed by atoms with Crippen molar-refractivity contribution in [2.45, 2.75) is 27.2 Å². The van der Waals surface area contributed by atoms with Gasteiger partial charge in [-0.15, -0.1) is 0 Å². The van der Waals surface area contributed by atoms with Crippen molar-refractivity contribution in [3.8, 4) is 5.69 Å². The lowest BCUT2D eigenvalue weighted by Gasteiger charge is -2.09. The van der Waals surface area contributed by atoms with Crippen molar-refractivity contribution in [2.75, 3.05) is 18.5 Å². The number of amides is 1. The van der Waals surface area contributed by atoms with Crippen molar-refractivity contribution >= 4 is 11.6 Å². The topological polar surface area (TPSA) is 56.1 Å². The molecule has 1 N–H and O–H groups in total. The van der Waals surface area contributed by atoms with Crippen molar-refractivity contribution in [2.24, 2.45) is 0 Å². The van der Waals surface area contributed by atoms with E-state index in [0.29, 0.717) is 6.61 Å². The second-order valence-corrected chi connectivity index (χ2v) is 4.79. The van der Waals surface area contributed by atoms with Gasteiger partial charge >= 0.3 is 0 Å². The molecule has 2 rings (SSSR count). The first-order valence-corrected chi connectivity index (χ1v) is 7.17. The molecule has 2 aromatic rings. The number of hydrogen-bond donors (Lipinski definition) is 1. The van der Waals surface area contributed by atoms with E-state index >= 15 is 0 Å². The third-order valence-corrected chi connectivity index (χ3v) is 3.16. The Morgan fingerprint density at radius 2 is 2.19 bits per heavy atom. The average Bonchev–Trinajstić information content (AvgIpc) is 2.87. The zero-order chi connectivity index (χ0) is 15.2. The molecule has 1 amide bonds. The zero-order valence-corrected chi connectivity index (χ0v) is 12.7. The number of hydrogen-bond acceptors (Lipinski definition) is 3. The number of nitrogens with one attached hydrogen (secondary N) is 1. The fourth-order valence-electron chi connectivity index (χ4n) is 2.18. The molecule has 0 saturated heterocycles. The van der Waals surface area contributed by atoms with Crippen LogP contribution in [-0.2, 0) is 16.0 Å². The lowest BCUT2D eigenvalue weighted by molar-refractivity contribution is -0.120. The summed E-state index contributed by atoms with van der Waals surface area (Å²) in [6.07, 6.45) is 2.46. The van der Waals surface area contributed by atoms with Crippen LogP contribution in [0.1, 0.15) is 25.1 Å². The Labute approximate surface area is 124 Å². The van der Waals surface area contributed by atoms with Crippen LogP contribution in [0.4, 0.5) is 5.69 Å². The molecule has 0 fully saturated rings. The van der Waals surface area contributed by atoms with E-state index < -0.39 is 0 Å². The molecule has 0 aliphatic rings. The fourth-order valence-corrected chi connectivity index (χ4v) is 2.18. The van der Waals surface area contributed by atoms with Gasteiger partial charge in [0.05, 0.1) is 23.3 Å². The molecular formula is C16H21N3O2. The Hall–Kier alpha value is -2.14. The van der Waals surface area contributed by atoms with Gasteiger partial charge in [0.2, 0.25) is 5.91 Å². The minimum atomic E-state index is -0.157. The first-order chi connectivity index (χ1) is 10.2. The molecule has 0 aliphatic carbocycles. The number of anilines is 1. The van der Waals surface area contributed by atoms with Crippen LogP contribution in [0.25, 0.3) is 5.69 Å². The summed E-state index contributed by atoms with van der Waals surface area (Å²) in [7, 11) is 0. The Morgan fingerprint density at radius 3 is 2.86 bits per heavy atom. The Morgan fingerprint density at radius 1 is 1.38 bits per heavy atom. The normalized spacial score (nSPS) is 10.6. The predicted octanol–water partition coefficient (Wildman–Crippen LogP) is 2.72. The van der Waals surface area contributed by atoms with Gasteiger partial charge in [-0.3, -0.25) is 4.79 Å². The second kappa shape index (κ2) is 7.04. The maximum atomic E-state index is 11.8. The lowest BCUT2D eigenvalue weighted by atomic mass is 10.2. The largest absolute Gasteiger partial charge is 0.372 e. The van der Waals surface area contributed by atoms with Crippen LogP contribution in [0.3, 0.4) is 0 Å². The third-order valence-electron chi connectivity index (χ3n) is 3.16. The minimum Gasteiger partial charge on any atom is -0.372 e. The summed E-state index contributed by atoms with van der Waals surface area (Å²) in [6, 6.07) is 8.12. The van der Waals surface area contributed by atoms with E-state index in [1.54, 1.807) is 6.20 Å². The van der Waals surface area contributed by atoms with Gasteiger partial charge in [0.15, 0.2) is 0 Å². The van der Waals surface area contributed by atoms with Crippen LogP contribution in [-0.4, -0.2) is 28.9 Å². The van der Waals surface area contributed by atoms with Crippen LogP contribution in [0.5, 0.6) is 0 Å². The van der Waals surface area contributed by atoms with Gasteiger partial charge in [0, 0.05) is 6.61 Å². The average molecular weight is 287 g/mol. The fraction of sp³-hybridized carbons (Fsp3) is 0.375. The molecule has 0 saturated carbocycles. The predicted molar refractivity (Wildman–Crippen MR) is 82.8 cm³/mol. The van der Waals surface area contributed by atoms with Crippen LogP contribution in [0, 0.1) is 6.92 Å². The molecule has 0 bridgehead atoms. The highest BCUT2D eigenvalue weighted by molar-refractivity contribution is 5.92. The van der Waals surface area contributed by atoms with Gasteiger partial charge in [-0.2, -0.15) is 5.10 Å². The van der Waals surface area contributed by atoms with E-state index in [2.05, 4.69) is 16.5 Å². The Balaban J connectivity index is 2.24. The molecular weight excluding hydrogens is 266 g/mol. The Bertz CT molecular complexity index is 620. The molecule has 0 radical (unpaired) electrons. The molecule has 0 spiro atoms. The Kier molecular flexibility index (Phi) is 5.11. The summed E-state index contributed by atoms with van der Waals surface area (Å²) in [4.78, 5) is 11.8. The molecule has 0 atom stereocenters. The van der Waals surface area contributed by atoms with Crippen LogP contribution >= 0.6 is 0 Å². The third kappa shape index (κ3) is 3.70. The zero-order valence-electron chi connectivity index (χ0n) is 12.7. The summed E-state index contributed by atoms with van der Waals surface area (Å²) in [5.74, 6) is -0.157. The van der Waals surface area contributed by atoms with Gasteiger partial charge in [0.1, 0.15) is 6.61 Å². The number of rotatable bonds is 6. The van der Waals surface area contributed by atoms with E-state index in [0.717, 1.165) is 23.5 Å². The highest BCUT2D eigenvalue weighted by Gasteiger charge is 2.13. The van der Waals surface area contributed by atoms with Crippen molar-refractivity contribution in [3.05, 3.63) is 41.7 Å². The standard InChI is InChI=1S/C16H21N3O2/c1-4-15-14(18-16(20)11-21-5-2)10-17-19(15)13-8-6-7-12(3)9-13/h6-10H,4-5,11H2,1-3H3,(H,18,20). The van der Waals surface area contributed by atoms with Crippen molar-refractivity contribution in [3.63, 3.8) is 0 Å². The number of carbonyl (C=O) groups excluding carboxylic acids is 1. The molecule has 0 aliphatic heterocycles. The number of ether oxygens (including phenoxy) is 1. The van der Waals surface area contributed by atoms with E-state index in [4.69, 9.17) is 4.74 Å². The maximum Gasteiger partial charge on any atom is 0.250 e. The first-order valence-electron chi connectivity index (χ1n) is 7.17. The SMILES string of the molecule is CCOCC(=O)Nc1cnn(-c2cccc(C)c2)c1CC. The summed E-state index contributed by atoms with van der Waals surface area (Å²) in [5.41, 5.74) is 3.89. The molecule has 5 heteroatoms. The van der Waals surface area contributed by atoms with Crippen molar-refractivity contribution in [1.82, 2.24) is 9.78 Å². The number of carbonyl (C=O) groups is 1. The number of benzene rings is 1. The lowest BCUT2D eigenvalue weighted by Crippen LogP contribution is -2.19. The van der Waals surface area contributed by atoms with Crippen LogP contribution in [0.15, 0.2) is 30.5 Å². The molecule has 0 unspecified atom stereocenters. The van der Waals surface area contributed by atoms with Gasteiger partial charge in [-0.1, -0.05) is 19.1 Å². The van der Waals surface area contributed by atoms with E-state index in [1.165, 1.54) is 5.56 Å². The minimum absolute atomic E-state index is 0.0648. The van der Waals surface area contributed by atoms with Gasteiger partial charge in [-0.05, 0) is 38.0 Å². The quantitative estimate of drug-likeness (QED) is 0.888. The number of nitrogens with zero attached hydrogens (tertiary/aromatic N) is 2. The summed E-state index contributed by atoms with van der Waals surface area (Å²) in [5, 5.41) is 7.25. The highest BCUT2D eigenvalue weighted by Crippen LogP contribution is 2.20. The van der Waals surface area contributed by atoms with Crippen molar-refractivity contribution < 1.29 is 9.53 Å².